The molecule has 4 amide bonds. The van der Waals surface area contributed by atoms with Gasteiger partial charge in [0.15, 0.2) is 0 Å². The lowest BCUT2D eigenvalue weighted by Crippen LogP contribution is -2.59. The summed E-state index contributed by atoms with van der Waals surface area (Å²) in [6.45, 7) is 1.38. The molecule has 1 saturated heterocycles. The number of nitrogens with zero attached hydrogens (tertiary/aromatic N) is 1. The molecule has 1 heterocycles. The van der Waals surface area contributed by atoms with E-state index in [-0.39, 0.29) is 13.0 Å². The van der Waals surface area contributed by atoms with Crippen LogP contribution in [0.4, 0.5) is 0 Å². The summed E-state index contributed by atoms with van der Waals surface area (Å²) in [5.74, 6) is -6.00. The number of likely N-dealkylation sites (tertiary alicyclic amines) is 1. The van der Waals surface area contributed by atoms with Gasteiger partial charge in [0, 0.05) is 13.0 Å². The van der Waals surface area contributed by atoms with E-state index in [2.05, 4.69) is 10.6 Å². The van der Waals surface area contributed by atoms with Gasteiger partial charge in [-0.15, -0.1) is 0 Å². The smallest absolute Gasteiger partial charge is 0.326 e. The molecule has 32 heavy (non-hydrogen) atoms. The molecule has 9 N–H and O–H groups in total. The van der Waals surface area contributed by atoms with Crippen molar-refractivity contribution in [3.63, 3.8) is 0 Å². The Labute approximate surface area is 183 Å². The number of carbonyl (C=O) groups excluding carboxylic acids is 4. The average Bonchev–Trinajstić information content (AvgIpc) is 3.16. The number of rotatable bonds is 12. The Morgan fingerprint density at radius 2 is 1.75 bits per heavy atom. The lowest BCUT2D eigenvalue weighted by atomic mass is 10.1. The van der Waals surface area contributed by atoms with Crippen molar-refractivity contribution in [1.82, 2.24) is 15.5 Å². The summed E-state index contributed by atoms with van der Waals surface area (Å²) in [6, 6.07) is -5.36. The van der Waals surface area contributed by atoms with Gasteiger partial charge in [0.2, 0.25) is 23.6 Å². The molecule has 0 saturated carbocycles. The van der Waals surface area contributed by atoms with Crippen molar-refractivity contribution in [3.8, 4) is 0 Å². The first kappa shape index (κ1) is 26.8. The van der Waals surface area contributed by atoms with Crippen LogP contribution in [-0.2, 0) is 28.8 Å². The lowest BCUT2D eigenvalue weighted by Gasteiger charge is -2.29. The van der Waals surface area contributed by atoms with Crippen molar-refractivity contribution < 1.29 is 44.1 Å². The van der Waals surface area contributed by atoms with E-state index in [1.54, 1.807) is 0 Å². The molecule has 0 aromatic rings. The van der Waals surface area contributed by atoms with Crippen molar-refractivity contribution in [2.45, 2.75) is 69.3 Å². The lowest BCUT2D eigenvalue weighted by molar-refractivity contribution is -0.145. The molecule has 1 aliphatic rings. The number of aliphatic hydroxyl groups is 1. The van der Waals surface area contributed by atoms with Crippen LogP contribution in [-0.4, -0.2) is 92.6 Å². The normalized spacial score (nSPS) is 19.3. The maximum absolute atomic E-state index is 12.7. The Morgan fingerprint density at radius 1 is 1.12 bits per heavy atom. The van der Waals surface area contributed by atoms with Crippen LogP contribution < -0.4 is 22.1 Å². The second-order valence-corrected chi connectivity index (χ2v) is 7.53. The van der Waals surface area contributed by atoms with Crippen LogP contribution >= 0.6 is 0 Å². The molecular formula is C18H29N5O9. The van der Waals surface area contributed by atoms with Gasteiger partial charge in [0.25, 0.3) is 0 Å². The Balaban J connectivity index is 2.87. The fraction of sp³-hybridized carbons (Fsp3) is 0.667. The van der Waals surface area contributed by atoms with Gasteiger partial charge < -0.3 is 42.3 Å². The minimum atomic E-state index is -1.56. The minimum absolute atomic E-state index is 0.186. The third-order valence-corrected chi connectivity index (χ3v) is 4.90. The first-order valence-corrected chi connectivity index (χ1v) is 9.92. The molecule has 5 atom stereocenters. The molecule has 1 aliphatic heterocycles. The van der Waals surface area contributed by atoms with Gasteiger partial charge in [-0.05, 0) is 26.2 Å². The second-order valence-electron chi connectivity index (χ2n) is 7.53. The van der Waals surface area contributed by atoms with Gasteiger partial charge in [0.05, 0.1) is 18.6 Å². The largest absolute Gasteiger partial charge is 0.481 e. The summed E-state index contributed by atoms with van der Waals surface area (Å²) in [7, 11) is 0. The number of amides is 4. The molecular weight excluding hydrogens is 430 g/mol. The first-order chi connectivity index (χ1) is 14.8. The summed E-state index contributed by atoms with van der Waals surface area (Å²) >= 11 is 0. The van der Waals surface area contributed by atoms with E-state index < -0.39 is 85.1 Å². The van der Waals surface area contributed by atoms with Crippen molar-refractivity contribution in [2.75, 3.05) is 6.54 Å². The summed E-state index contributed by atoms with van der Waals surface area (Å²) in [6.07, 6.45) is -2.07. The van der Waals surface area contributed by atoms with E-state index in [1.165, 1.54) is 6.92 Å². The molecule has 0 aromatic carbocycles. The average molecular weight is 459 g/mol. The van der Waals surface area contributed by atoms with Gasteiger partial charge in [-0.2, -0.15) is 0 Å². The van der Waals surface area contributed by atoms with Gasteiger partial charge in [0.1, 0.15) is 18.1 Å². The van der Waals surface area contributed by atoms with E-state index in [0.29, 0.717) is 6.42 Å². The highest BCUT2D eigenvalue weighted by Gasteiger charge is 2.39. The zero-order valence-electron chi connectivity index (χ0n) is 17.5. The monoisotopic (exact) mass is 459 g/mol. The summed E-state index contributed by atoms with van der Waals surface area (Å²) < 4.78 is 0. The number of aliphatic hydroxyl groups excluding tert-OH is 1. The fourth-order valence-corrected chi connectivity index (χ4v) is 3.26. The van der Waals surface area contributed by atoms with Gasteiger partial charge in [-0.3, -0.25) is 24.0 Å². The Hall–Kier alpha value is -3.26. The molecule has 0 aromatic heterocycles. The first-order valence-electron chi connectivity index (χ1n) is 9.92. The number of hydrogen-bond acceptors (Lipinski definition) is 8. The number of aliphatic carboxylic acids is 2. The predicted octanol–water partition coefficient (Wildman–Crippen LogP) is -3.52. The van der Waals surface area contributed by atoms with Crippen LogP contribution in [0.3, 0.4) is 0 Å². The Morgan fingerprint density at radius 3 is 2.25 bits per heavy atom. The standard InChI is InChI=1S/C18H29N5O9/c1-8(24)14(16(29)21-10(18(31)32)4-5-13(26)27)22-15(28)11-3-2-6-23(11)17(30)9(19)7-12(20)25/h8-11,14,24H,2-7,19H2,1H3,(H2,20,25)(H,21,29)(H,22,28)(H,26,27)(H,31,32). The van der Waals surface area contributed by atoms with Crippen molar-refractivity contribution in [2.24, 2.45) is 11.5 Å². The number of carbonyl (C=O) groups is 6. The molecule has 180 valence electrons. The number of primary amides is 1. The number of hydrogen-bond donors (Lipinski definition) is 7. The molecule has 0 spiro atoms. The number of carboxylic acids is 2. The number of nitrogens with two attached hydrogens (primary N) is 2. The molecule has 0 radical (unpaired) electrons. The van der Waals surface area contributed by atoms with Crippen LogP contribution in [0.15, 0.2) is 0 Å². The molecule has 5 unspecified atom stereocenters. The Kier molecular flexibility index (Phi) is 10.00. The van der Waals surface area contributed by atoms with Gasteiger partial charge in [-0.25, -0.2) is 4.79 Å². The number of carboxylic acid groups (broad SMARTS) is 2. The minimum Gasteiger partial charge on any atom is -0.481 e. The van der Waals surface area contributed by atoms with E-state index in [1.807, 2.05) is 0 Å². The molecule has 0 aliphatic carbocycles. The predicted molar refractivity (Wildman–Crippen MR) is 107 cm³/mol. The summed E-state index contributed by atoms with van der Waals surface area (Å²) in [5.41, 5.74) is 10.7. The molecule has 0 bridgehead atoms. The van der Waals surface area contributed by atoms with Crippen LogP contribution in [0, 0.1) is 0 Å². The van der Waals surface area contributed by atoms with Crippen molar-refractivity contribution >= 4 is 35.6 Å². The van der Waals surface area contributed by atoms with E-state index in [0.717, 1.165) is 4.90 Å². The Bertz CT molecular complexity index is 757. The van der Waals surface area contributed by atoms with Crippen molar-refractivity contribution in [1.29, 1.82) is 0 Å². The third kappa shape index (κ3) is 7.77. The molecule has 14 nitrogen and oxygen atoms in total. The van der Waals surface area contributed by atoms with Gasteiger partial charge >= 0.3 is 11.9 Å². The summed E-state index contributed by atoms with van der Waals surface area (Å²) in [5, 5.41) is 32.2. The summed E-state index contributed by atoms with van der Waals surface area (Å²) in [4.78, 5) is 71.8. The van der Waals surface area contributed by atoms with E-state index in [4.69, 9.17) is 16.6 Å². The topological polar surface area (TPSA) is 242 Å². The van der Waals surface area contributed by atoms with Crippen LogP contribution in [0.1, 0.15) is 39.0 Å². The highest BCUT2D eigenvalue weighted by Crippen LogP contribution is 2.19. The number of nitrogens with one attached hydrogen (secondary N) is 2. The quantitative estimate of drug-likeness (QED) is 0.152. The third-order valence-electron chi connectivity index (χ3n) is 4.90. The van der Waals surface area contributed by atoms with Crippen LogP contribution in [0.25, 0.3) is 0 Å². The van der Waals surface area contributed by atoms with Crippen LogP contribution in [0.2, 0.25) is 0 Å². The maximum atomic E-state index is 12.7. The SMILES string of the molecule is CC(O)C(NC(=O)C1CCCN1C(=O)C(N)CC(N)=O)C(=O)NC(CCC(=O)O)C(=O)O. The highest BCUT2D eigenvalue weighted by atomic mass is 16.4. The fourth-order valence-electron chi connectivity index (χ4n) is 3.26. The second kappa shape index (κ2) is 12.0. The van der Waals surface area contributed by atoms with Crippen LogP contribution in [0.5, 0.6) is 0 Å². The maximum Gasteiger partial charge on any atom is 0.326 e. The highest BCUT2D eigenvalue weighted by molar-refractivity contribution is 5.95. The molecule has 14 heteroatoms. The zero-order chi connectivity index (χ0) is 24.6. The van der Waals surface area contributed by atoms with E-state index >= 15 is 0 Å². The van der Waals surface area contributed by atoms with E-state index in [9.17, 15) is 39.0 Å². The van der Waals surface area contributed by atoms with Gasteiger partial charge in [-0.1, -0.05) is 0 Å². The van der Waals surface area contributed by atoms with Crippen molar-refractivity contribution in [3.05, 3.63) is 0 Å². The molecule has 1 rings (SSSR count). The molecule has 1 fully saturated rings. The zero-order valence-corrected chi connectivity index (χ0v) is 17.5.